The Bertz CT molecular complexity index is 890. The normalized spacial score (nSPS) is 15.5. The molecule has 3 nitrogen and oxygen atoms in total. The lowest BCUT2D eigenvalue weighted by atomic mass is 10.1. The van der Waals surface area contributed by atoms with Crippen LogP contribution in [0.2, 0.25) is 5.02 Å². The van der Waals surface area contributed by atoms with Crippen molar-refractivity contribution in [3.8, 4) is 5.75 Å². The van der Waals surface area contributed by atoms with Crippen molar-refractivity contribution in [3.63, 3.8) is 0 Å². The Morgan fingerprint density at radius 1 is 1.11 bits per heavy atom. The zero-order chi connectivity index (χ0) is 17.9. The van der Waals surface area contributed by atoms with Crippen LogP contribution in [0.5, 0.6) is 5.75 Å². The number of piperidine rings is 1. The minimum absolute atomic E-state index is 0. The second-order valence-electron chi connectivity index (χ2n) is 7.08. The van der Waals surface area contributed by atoms with Gasteiger partial charge < -0.3 is 4.74 Å². The highest BCUT2D eigenvalue weighted by Gasteiger charge is 2.21. The first-order valence-electron chi connectivity index (χ1n) is 9.15. The molecule has 1 fully saturated rings. The highest BCUT2D eigenvalue weighted by molar-refractivity contribution is 6.35. The highest BCUT2D eigenvalue weighted by atomic mass is 35.5. The number of aryl methyl sites for hydroxylation is 1. The lowest BCUT2D eigenvalue weighted by molar-refractivity contribution is 0.0969. The van der Waals surface area contributed by atoms with E-state index < -0.39 is 0 Å². The molecule has 0 amide bonds. The summed E-state index contributed by atoms with van der Waals surface area (Å²) >= 11 is 6.38. The first-order valence-corrected chi connectivity index (χ1v) is 9.53. The van der Waals surface area contributed by atoms with Gasteiger partial charge >= 0.3 is 0 Å². The second-order valence-corrected chi connectivity index (χ2v) is 7.49. The van der Waals surface area contributed by atoms with Crippen LogP contribution in [-0.2, 0) is 6.54 Å². The number of rotatable bonds is 4. The van der Waals surface area contributed by atoms with Gasteiger partial charge in [0, 0.05) is 37.4 Å². The van der Waals surface area contributed by atoms with Crippen LogP contribution in [0, 0.1) is 6.92 Å². The summed E-state index contributed by atoms with van der Waals surface area (Å²) in [6, 6.07) is 14.8. The molecule has 4 rings (SSSR count). The molecule has 27 heavy (non-hydrogen) atoms. The summed E-state index contributed by atoms with van der Waals surface area (Å²) in [5.74, 6) is 0.852. The number of hydrogen-bond donors (Lipinski definition) is 0. The Labute approximate surface area is 171 Å². The van der Waals surface area contributed by atoms with Gasteiger partial charge in [-0.15, -0.1) is 12.4 Å². The van der Waals surface area contributed by atoms with E-state index in [0.717, 1.165) is 49.0 Å². The number of pyridine rings is 1. The topological polar surface area (TPSA) is 25.4 Å². The van der Waals surface area contributed by atoms with Gasteiger partial charge in [0.05, 0.1) is 5.02 Å². The Kier molecular flexibility index (Phi) is 6.59. The van der Waals surface area contributed by atoms with Crippen LogP contribution in [-0.4, -0.2) is 29.1 Å². The van der Waals surface area contributed by atoms with Gasteiger partial charge in [0.1, 0.15) is 11.9 Å². The molecule has 0 radical (unpaired) electrons. The third kappa shape index (κ3) is 4.92. The summed E-state index contributed by atoms with van der Waals surface area (Å²) in [5, 5.41) is 2.73. The molecule has 0 aliphatic carbocycles. The van der Waals surface area contributed by atoms with Crippen LogP contribution in [0.25, 0.3) is 10.8 Å². The van der Waals surface area contributed by atoms with Crippen molar-refractivity contribution in [2.45, 2.75) is 32.4 Å². The molecule has 0 N–H and O–H groups in total. The van der Waals surface area contributed by atoms with Gasteiger partial charge in [-0.3, -0.25) is 9.88 Å². The molecule has 2 heterocycles. The van der Waals surface area contributed by atoms with Gasteiger partial charge in [-0.05, 0) is 48.9 Å². The number of likely N-dealkylation sites (tertiary alicyclic amines) is 1. The van der Waals surface area contributed by atoms with E-state index >= 15 is 0 Å². The first kappa shape index (κ1) is 19.9. The van der Waals surface area contributed by atoms with E-state index in [0.29, 0.717) is 5.02 Å². The summed E-state index contributed by atoms with van der Waals surface area (Å²) in [6.45, 7) is 5.26. The standard InChI is InChI=1S/C22H23ClN2O.ClH/c1-16-2-4-17(5-3-16)15-25-10-7-19(8-11-25)26-20-12-18-6-9-24-14-21(18)22(23)13-20;/h2-6,9,12-14,19H,7-8,10-11,15H2,1H3;1H. The molecule has 0 saturated carbocycles. The quantitative estimate of drug-likeness (QED) is 0.562. The Balaban J connectivity index is 0.00000210. The lowest BCUT2D eigenvalue weighted by Gasteiger charge is -2.32. The van der Waals surface area contributed by atoms with Crippen LogP contribution in [0.4, 0.5) is 0 Å². The average Bonchev–Trinajstić information content (AvgIpc) is 2.65. The molecule has 2 aromatic carbocycles. The Morgan fingerprint density at radius 2 is 1.85 bits per heavy atom. The molecule has 0 unspecified atom stereocenters. The minimum atomic E-state index is 0. The van der Waals surface area contributed by atoms with E-state index in [1.807, 2.05) is 12.1 Å². The van der Waals surface area contributed by atoms with Gasteiger partial charge in [-0.2, -0.15) is 0 Å². The number of halogens is 2. The van der Waals surface area contributed by atoms with Gasteiger partial charge in [-0.25, -0.2) is 0 Å². The number of benzene rings is 2. The largest absolute Gasteiger partial charge is 0.490 e. The van der Waals surface area contributed by atoms with E-state index in [-0.39, 0.29) is 18.5 Å². The van der Waals surface area contributed by atoms with E-state index in [2.05, 4.69) is 47.1 Å². The summed E-state index contributed by atoms with van der Waals surface area (Å²) in [6.07, 6.45) is 5.91. The third-order valence-electron chi connectivity index (χ3n) is 5.04. The lowest BCUT2D eigenvalue weighted by Crippen LogP contribution is -2.37. The van der Waals surface area contributed by atoms with E-state index in [4.69, 9.17) is 16.3 Å². The smallest absolute Gasteiger partial charge is 0.121 e. The Morgan fingerprint density at radius 3 is 2.59 bits per heavy atom. The SMILES string of the molecule is Cc1ccc(CN2CCC(Oc3cc(Cl)c4cnccc4c3)CC2)cc1.Cl. The predicted octanol–water partition coefficient (Wildman–Crippen LogP) is 5.66. The molecule has 1 aliphatic rings. The fourth-order valence-corrected chi connectivity index (χ4v) is 3.79. The van der Waals surface area contributed by atoms with Crippen molar-refractivity contribution in [2.24, 2.45) is 0 Å². The van der Waals surface area contributed by atoms with Crippen LogP contribution in [0.3, 0.4) is 0 Å². The van der Waals surface area contributed by atoms with Gasteiger partial charge in [0.25, 0.3) is 0 Å². The van der Waals surface area contributed by atoms with E-state index in [9.17, 15) is 0 Å². The summed E-state index contributed by atoms with van der Waals surface area (Å²) in [7, 11) is 0. The zero-order valence-corrected chi connectivity index (χ0v) is 17.0. The van der Waals surface area contributed by atoms with Crippen LogP contribution >= 0.6 is 24.0 Å². The molecule has 5 heteroatoms. The summed E-state index contributed by atoms with van der Waals surface area (Å²) < 4.78 is 6.23. The number of fused-ring (bicyclic) bond motifs is 1. The monoisotopic (exact) mass is 402 g/mol. The van der Waals surface area contributed by atoms with Crippen molar-refractivity contribution in [3.05, 3.63) is 71.0 Å². The number of nitrogens with zero attached hydrogens (tertiary/aromatic N) is 2. The van der Waals surface area contributed by atoms with Crippen molar-refractivity contribution in [1.29, 1.82) is 0 Å². The second kappa shape index (κ2) is 8.92. The van der Waals surface area contributed by atoms with Crippen LogP contribution in [0.15, 0.2) is 54.9 Å². The zero-order valence-electron chi connectivity index (χ0n) is 15.4. The molecule has 1 aliphatic heterocycles. The fraction of sp³-hybridized carbons (Fsp3) is 0.318. The molecule has 142 valence electrons. The first-order chi connectivity index (χ1) is 12.7. The maximum atomic E-state index is 6.38. The van der Waals surface area contributed by atoms with Crippen molar-refractivity contribution in [1.82, 2.24) is 9.88 Å². The van der Waals surface area contributed by atoms with Crippen molar-refractivity contribution in [2.75, 3.05) is 13.1 Å². The molecule has 0 atom stereocenters. The highest BCUT2D eigenvalue weighted by Crippen LogP contribution is 2.30. The number of hydrogen-bond acceptors (Lipinski definition) is 3. The van der Waals surface area contributed by atoms with Gasteiger partial charge in [0.15, 0.2) is 0 Å². The van der Waals surface area contributed by atoms with E-state index in [1.54, 1.807) is 12.4 Å². The maximum Gasteiger partial charge on any atom is 0.121 e. The van der Waals surface area contributed by atoms with Gasteiger partial charge in [0.2, 0.25) is 0 Å². The Hall–Kier alpha value is -1.81. The molecule has 1 saturated heterocycles. The fourth-order valence-electron chi connectivity index (χ4n) is 3.53. The van der Waals surface area contributed by atoms with Crippen molar-refractivity contribution < 1.29 is 4.74 Å². The molecular weight excluding hydrogens is 379 g/mol. The van der Waals surface area contributed by atoms with Crippen molar-refractivity contribution >= 4 is 34.8 Å². The van der Waals surface area contributed by atoms with Gasteiger partial charge in [-0.1, -0.05) is 41.4 Å². The molecular formula is C22H24Cl2N2O. The molecule has 1 aromatic heterocycles. The number of ether oxygens (including phenoxy) is 1. The minimum Gasteiger partial charge on any atom is -0.490 e. The average molecular weight is 403 g/mol. The third-order valence-corrected chi connectivity index (χ3v) is 5.36. The molecule has 3 aromatic rings. The summed E-state index contributed by atoms with van der Waals surface area (Å²) in [4.78, 5) is 6.64. The predicted molar refractivity (Wildman–Crippen MR) is 114 cm³/mol. The molecule has 0 bridgehead atoms. The van der Waals surface area contributed by atoms with Crippen LogP contribution < -0.4 is 4.74 Å². The summed E-state index contributed by atoms with van der Waals surface area (Å²) in [5.41, 5.74) is 2.69. The molecule has 0 spiro atoms. The van der Waals surface area contributed by atoms with E-state index in [1.165, 1.54) is 11.1 Å². The maximum absolute atomic E-state index is 6.38. The number of aromatic nitrogens is 1. The van der Waals surface area contributed by atoms with Crippen LogP contribution in [0.1, 0.15) is 24.0 Å².